The molecule has 1 amide bonds. The Bertz CT molecular complexity index is 485. The van der Waals surface area contributed by atoms with Crippen LogP contribution in [0.25, 0.3) is 0 Å². The zero-order chi connectivity index (χ0) is 15.3. The van der Waals surface area contributed by atoms with Crippen molar-refractivity contribution in [3.63, 3.8) is 0 Å². The number of hydrogen-bond acceptors (Lipinski definition) is 3. The molecule has 2 N–H and O–H groups in total. The summed E-state index contributed by atoms with van der Waals surface area (Å²) < 4.78 is 42.8. The zero-order valence-electron chi connectivity index (χ0n) is 11.4. The Morgan fingerprint density at radius 2 is 2.24 bits per heavy atom. The van der Waals surface area contributed by atoms with Crippen molar-refractivity contribution >= 4 is 5.91 Å². The van der Waals surface area contributed by atoms with E-state index in [1.165, 1.54) is 12.1 Å². The SMILES string of the molecule is O=C(NCCOc1cccc(C(F)(F)F)c1)C1CCNC1. The van der Waals surface area contributed by atoms with Crippen LogP contribution >= 0.6 is 0 Å². The predicted molar refractivity (Wildman–Crippen MR) is 70.9 cm³/mol. The van der Waals surface area contributed by atoms with Gasteiger partial charge in [0.15, 0.2) is 0 Å². The van der Waals surface area contributed by atoms with Crippen LogP contribution in [0.2, 0.25) is 0 Å². The molecule has 2 rings (SSSR count). The summed E-state index contributed by atoms with van der Waals surface area (Å²) >= 11 is 0. The van der Waals surface area contributed by atoms with E-state index in [9.17, 15) is 18.0 Å². The molecule has 1 heterocycles. The highest BCUT2D eigenvalue weighted by atomic mass is 19.4. The van der Waals surface area contributed by atoms with E-state index in [2.05, 4.69) is 10.6 Å². The van der Waals surface area contributed by atoms with Crippen molar-refractivity contribution in [2.75, 3.05) is 26.2 Å². The molecule has 21 heavy (non-hydrogen) atoms. The van der Waals surface area contributed by atoms with E-state index >= 15 is 0 Å². The third kappa shape index (κ3) is 4.63. The van der Waals surface area contributed by atoms with Crippen LogP contribution in [0, 0.1) is 5.92 Å². The first-order chi connectivity index (χ1) is 9.97. The predicted octanol–water partition coefficient (Wildman–Crippen LogP) is 1.81. The van der Waals surface area contributed by atoms with Gasteiger partial charge in [0.05, 0.1) is 18.0 Å². The number of ether oxygens (including phenoxy) is 1. The average molecular weight is 302 g/mol. The molecule has 1 aliphatic heterocycles. The Morgan fingerprint density at radius 3 is 2.90 bits per heavy atom. The molecule has 1 fully saturated rings. The molecule has 1 saturated heterocycles. The summed E-state index contributed by atoms with van der Waals surface area (Å²) in [5.41, 5.74) is -0.749. The van der Waals surface area contributed by atoms with Gasteiger partial charge in [-0.25, -0.2) is 0 Å². The van der Waals surface area contributed by atoms with Crippen molar-refractivity contribution in [3.8, 4) is 5.75 Å². The smallest absolute Gasteiger partial charge is 0.416 e. The number of hydrogen-bond donors (Lipinski definition) is 2. The van der Waals surface area contributed by atoms with Crippen molar-refractivity contribution in [1.82, 2.24) is 10.6 Å². The van der Waals surface area contributed by atoms with E-state index < -0.39 is 11.7 Å². The van der Waals surface area contributed by atoms with Crippen LogP contribution in [0.5, 0.6) is 5.75 Å². The maximum Gasteiger partial charge on any atom is 0.416 e. The van der Waals surface area contributed by atoms with Crippen LogP contribution in [-0.2, 0) is 11.0 Å². The first kappa shape index (κ1) is 15.6. The molecule has 1 atom stereocenters. The summed E-state index contributed by atoms with van der Waals surface area (Å²) in [6, 6.07) is 4.68. The summed E-state index contributed by atoms with van der Waals surface area (Å²) in [6.07, 6.45) is -3.58. The van der Waals surface area contributed by atoms with Crippen molar-refractivity contribution in [3.05, 3.63) is 29.8 Å². The second-order valence-corrected chi connectivity index (χ2v) is 4.85. The van der Waals surface area contributed by atoms with Crippen LogP contribution in [0.15, 0.2) is 24.3 Å². The monoisotopic (exact) mass is 302 g/mol. The Hall–Kier alpha value is -1.76. The van der Waals surface area contributed by atoms with Crippen LogP contribution in [-0.4, -0.2) is 32.1 Å². The van der Waals surface area contributed by atoms with Crippen LogP contribution in [0.3, 0.4) is 0 Å². The maximum atomic E-state index is 12.5. The number of nitrogens with one attached hydrogen (secondary N) is 2. The van der Waals surface area contributed by atoms with Crippen LogP contribution < -0.4 is 15.4 Å². The molecular formula is C14H17F3N2O2. The van der Waals surface area contributed by atoms with E-state index in [0.717, 1.165) is 25.1 Å². The molecule has 0 bridgehead atoms. The summed E-state index contributed by atoms with van der Waals surface area (Å²) in [4.78, 5) is 11.7. The van der Waals surface area contributed by atoms with Gasteiger partial charge in [-0.2, -0.15) is 13.2 Å². The van der Waals surface area contributed by atoms with Crippen molar-refractivity contribution < 1.29 is 22.7 Å². The highest BCUT2D eigenvalue weighted by Crippen LogP contribution is 2.31. The van der Waals surface area contributed by atoms with Crippen molar-refractivity contribution in [1.29, 1.82) is 0 Å². The first-order valence-corrected chi connectivity index (χ1v) is 6.75. The zero-order valence-corrected chi connectivity index (χ0v) is 11.4. The van der Waals surface area contributed by atoms with E-state index in [1.54, 1.807) is 0 Å². The lowest BCUT2D eigenvalue weighted by Crippen LogP contribution is -2.34. The Morgan fingerprint density at radius 1 is 1.43 bits per heavy atom. The average Bonchev–Trinajstić information content (AvgIpc) is 2.97. The molecule has 0 aromatic heterocycles. The van der Waals surface area contributed by atoms with Crippen molar-refractivity contribution in [2.45, 2.75) is 12.6 Å². The maximum absolute atomic E-state index is 12.5. The summed E-state index contributed by atoms with van der Waals surface area (Å²) in [5, 5.41) is 5.80. The Balaban J connectivity index is 1.74. The van der Waals surface area contributed by atoms with Gasteiger partial charge in [-0.1, -0.05) is 6.07 Å². The number of carbonyl (C=O) groups is 1. The molecule has 4 nitrogen and oxygen atoms in total. The lowest BCUT2D eigenvalue weighted by molar-refractivity contribution is -0.137. The molecular weight excluding hydrogens is 285 g/mol. The van der Waals surface area contributed by atoms with E-state index in [1.807, 2.05) is 0 Å². The number of benzene rings is 1. The fourth-order valence-corrected chi connectivity index (χ4v) is 2.13. The van der Waals surface area contributed by atoms with Gasteiger partial charge in [0, 0.05) is 6.54 Å². The van der Waals surface area contributed by atoms with Gasteiger partial charge in [-0.15, -0.1) is 0 Å². The van der Waals surface area contributed by atoms with E-state index in [-0.39, 0.29) is 30.7 Å². The Kier molecular flexibility index (Phi) is 5.06. The number of alkyl halides is 3. The van der Waals surface area contributed by atoms with Gasteiger partial charge in [0.1, 0.15) is 12.4 Å². The molecule has 1 unspecified atom stereocenters. The molecule has 116 valence electrons. The van der Waals surface area contributed by atoms with Gasteiger partial charge >= 0.3 is 6.18 Å². The topological polar surface area (TPSA) is 50.4 Å². The fourth-order valence-electron chi connectivity index (χ4n) is 2.13. The molecule has 0 saturated carbocycles. The highest BCUT2D eigenvalue weighted by Gasteiger charge is 2.30. The summed E-state index contributed by atoms with van der Waals surface area (Å²) in [6.45, 7) is 1.90. The van der Waals surface area contributed by atoms with Gasteiger partial charge in [-0.3, -0.25) is 4.79 Å². The van der Waals surface area contributed by atoms with Gasteiger partial charge < -0.3 is 15.4 Å². The lowest BCUT2D eigenvalue weighted by atomic mass is 10.1. The first-order valence-electron chi connectivity index (χ1n) is 6.75. The second kappa shape index (κ2) is 6.80. The third-order valence-corrected chi connectivity index (χ3v) is 3.26. The molecule has 1 aromatic carbocycles. The standard InChI is InChI=1S/C14H17F3N2O2/c15-14(16,17)11-2-1-3-12(8-11)21-7-6-19-13(20)10-4-5-18-9-10/h1-3,8,10,18H,4-7,9H2,(H,19,20). The lowest BCUT2D eigenvalue weighted by Gasteiger charge is -2.12. The van der Waals surface area contributed by atoms with Crippen LogP contribution in [0.1, 0.15) is 12.0 Å². The Labute approximate surface area is 120 Å². The minimum atomic E-state index is -4.39. The quantitative estimate of drug-likeness (QED) is 0.816. The molecule has 1 aromatic rings. The van der Waals surface area contributed by atoms with E-state index in [4.69, 9.17) is 4.74 Å². The summed E-state index contributed by atoms with van der Waals surface area (Å²) in [7, 11) is 0. The second-order valence-electron chi connectivity index (χ2n) is 4.85. The molecule has 0 aliphatic carbocycles. The number of halogens is 3. The third-order valence-electron chi connectivity index (χ3n) is 3.26. The van der Waals surface area contributed by atoms with E-state index in [0.29, 0.717) is 6.54 Å². The fraction of sp³-hybridized carbons (Fsp3) is 0.500. The molecule has 1 aliphatic rings. The number of amides is 1. The number of rotatable bonds is 5. The minimum Gasteiger partial charge on any atom is -0.492 e. The van der Waals surface area contributed by atoms with Gasteiger partial charge in [0.25, 0.3) is 0 Å². The molecule has 0 spiro atoms. The van der Waals surface area contributed by atoms with Gasteiger partial charge in [-0.05, 0) is 31.2 Å². The normalized spacial score (nSPS) is 18.5. The number of carbonyl (C=O) groups excluding carboxylic acids is 1. The highest BCUT2D eigenvalue weighted by molar-refractivity contribution is 5.79. The van der Waals surface area contributed by atoms with Crippen LogP contribution in [0.4, 0.5) is 13.2 Å². The minimum absolute atomic E-state index is 0.0291. The summed E-state index contributed by atoms with van der Waals surface area (Å²) in [5.74, 6) is 0.0628. The largest absolute Gasteiger partial charge is 0.492 e. The van der Waals surface area contributed by atoms with Gasteiger partial charge in [0.2, 0.25) is 5.91 Å². The van der Waals surface area contributed by atoms with Crippen molar-refractivity contribution in [2.24, 2.45) is 5.92 Å². The molecule has 7 heteroatoms. The molecule has 0 radical (unpaired) electrons.